The van der Waals surface area contributed by atoms with Gasteiger partial charge < -0.3 is 15.0 Å². The number of fused-ring (bicyclic) bond motifs is 1. The van der Waals surface area contributed by atoms with Crippen molar-refractivity contribution < 1.29 is 4.74 Å². The largest absolute Gasteiger partial charge is 0.381 e. The first-order valence-corrected chi connectivity index (χ1v) is 7.16. The Labute approximate surface area is 117 Å². The van der Waals surface area contributed by atoms with Crippen LogP contribution in [0.15, 0.2) is 18.3 Å². The van der Waals surface area contributed by atoms with Gasteiger partial charge in [-0.2, -0.15) is 0 Å². The SMILES string of the molecule is Clc1cc(NCCC[C@@H]2CCOC2)nc2[nH]ccc12. The number of hydrogen-bond acceptors (Lipinski definition) is 3. The average molecular weight is 280 g/mol. The van der Waals surface area contributed by atoms with E-state index in [9.17, 15) is 0 Å². The first kappa shape index (κ1) is 12.8. The summed E-state index contributed by atoms with van der Waals surface area (Å²) in [6.07, 6.45) is 5.41. The number of pyridine rings is 1. The smallest absolute Gasteiger partial charge is 0.141 e. The Morgan fingerprint density at radius 3 is 3.32 bits per heavy atom. The molecule has 0 unspecified atom stereocenters. The van der Waals surface area contributed by atoms with Crippen LogP contribution in [0.25, 0.3) is 11.0 Å². The molecule has 1 saturated heterocycles. The van der Waals surface area contributed by atoms with Gasteiger partial charge in [0.25, 0.3) is 0 Å². The molecule has 1 fully saturated rings. The van der Waals surface area contributed by atoms with Gasteiger partial charge in [-0.3, -0.25) is 0 Å². The van der Waals surface area contributed by atoms with Crippen LogP contribution in [0.1, 0.15) is 19.3 Å². The van der Waals surface area contributed by atoms with Crippen molar-refractivity contribution in [2.75, 3.05) is 25.1 Å². The first-order valence-electron chi connectivity index (χ1n) is 6.78. The molecule has 0 aromatic carbocycles. The summed E-state index contributed by atoms with van der Waals surface area (Å²) >= 11 is 6.20. The van der Waals surface area contributed by atoms with E-state index >= 15 is 0 Å². The minimum absolute atomic E-state index is 0.734. The molecular formula is C14H18ClN3O. The van der Waals surface area contributed by atoms with E-state index in [1.807, 2.05) is 18.3 Å². The number of aromatic amines is 1. The van der Waals surface area contributed by atoms with E-state index in [2.05, 4.69) is 15.3 Å². The summed E-state index contributed by atoms with van der Waals surface area (Å²) < 4.78 is 5.37. The quantitative estimate of drug-likeness (QED) is 0.824. The molecule has 5 heteroatoms. The number of H-pyrrole nitrogens is 1. The third kappa shape index (κ3) is 3.01. The van der Waals surface area contributed by atoms with Crippen LogP contribution in [0.5, 0.6) is 0 Å². The van der Waals surface area contributed by atoms with Crippen LogP contribution in [0.4, 0.5) is 5.82 Å². The lowest BCUT2D eigenvalue weighted by molar-refractivity contribution is 0.184. The Morgan fingerprint density at radius 2 is 2.47 bits per heavy atom. The standard InChI is InChI=1S/C14H18ClN3O/c15-12-8-13(18-14-11(12)3-6-17-14)16-5-1-2-10-4-7-19-9-10/h3,6,8,10H,1-2,4-5,7,9H2,(H2,16,17,18)/t10-/m1/s1. The molecule has 0 saturated carbocycles. The third-order valence-electron chi connectivity index (χ3n) is 3.60. The maximum absolute atomic E-state index is 6.20. The second-order valence-electron chi connectivity index (χ2n) is 5.03. The molecule has 0 aliphatic carbocycles. The van der Waals surface area contributed by atoms with E-state index in [1.54, 1.807) is 0 Å². The summed E-state index contributed by atoms with van der Waals surface area (Å²) in [6.45, 7) is 2.78. The monoisotopic (exact) mass is 279 g/mol. The van der Waals surface area contributed by atoms with Crippen LogP contribution >= 0.6 is 11.6 Å². The number of nitrogens with zero attached hydrogens (tertiary/aromatic N) is 1. The Kier molecular flexibility index (Phi) is 3.89. The summed E-state index contributed by atoms with van der Waals surface area (Å²) in [5.41, 5.74) is 0.833. The summed E-state index contributed by atoms with van der Waals surface area (Å²) in [5.74, 6) is 1.58. The summed E-state index contributed by atoms with van der Waals surface area (Å²) in [7, 11) is 0. The highest BCUT2D eigenvalue weighted by atomic mass is 35.5. The first-order chi connectivity index (χ1) is 9.33. The van der Waals surface area contributed by atoms with Crippen molar-refractivity contribution in [1.82, 2.24) is 9.97 Å². The van der Waals surface area contributed by atoms with Crippen molar-refractivity contribution in [3.63, 3.8) is 0 Å². The predicted octanol–water partition coefficient (Wildman–Crippen LogP) is 3.44. The molecule has 0 spiro atoms. The minimum Gasteiger partial charge on any atom is -0.381 e. The van der Waals surface area contributed by atoms with Gasteiger partial charge in [0.15, 0.2) is 0 Å². The van der Waals surface area contributed by atoms with E-state index in [4.69, 9.17) is 16.3 Å². The van der Waals surface area contributed by atoms with E-state index < -0.39 is 0 Å². The number of anilines is 1. The molecule has 102 valence electrons. The van der Waals surface area contributed by atoms with Gasteiger partial charge in [-0.15, -0.1) is 0 Å². The highest BCUT2D eigenvalue weighted by Crippen LogP contribution is 2.24. The van der Waals surface area contributed by atoms with Crippen molar-refractivity contribution in [2.45, 2.75) is 19.3 Å². The highest BCUT2D eigenvalue weighted by molar-refractivity contribution is 6.35. The highest BCUT2D eigenvalue weighted by Gasteiger charge is 2.14. The van der Waals surface area contributed by atoms with Crippen molar-refractivity contribution in [3.05, 3.63) is 23.4 Å². The molecule has 4 nitrogen and oxygen atoms in total. The van der Waals surface area contributed by atoms with Crippen LogP contribution in [-0.4, -0.2) is 29.7 Å². The molecule has 3 rings (SSSR count). The molecule has 19 heavy (non-hydrogen) atoms. The zero-order valence-corrected chi connectivity index (χ0v) is 11.5. The zero-order chi connectivity index (χ0) is 13.1. The lowest BCUT2D eigenvalue weighted by atomic mass is 10.0. The number of ether oxygens (including phenoxy) is 1. The topological polar surface area (TPSA) is 49.9 Å². The van der Waals surface area contributed by atoms with Gasteiger partial charge in [-0.25, -0.2) is 4.98 Å². The van der Waals surface area contributed by atoms with Crippen LogP contribution in [0.2, 0.25) is 5.02 Å². The lowest BCUT2D eigenvalue weighted by Crippen LogP contribution is -2.07. The van der Waals surface area contributed by atoms with Crippen molar-refractivity contribution >= 4 is 28.5 Å². The van der Waals surface area contributed by atoms with Crippen molar-refractivity contribution in [1.29, 1.82) is 0 Å². The maximum Gasteiger partial charge on any atom is 0.141 e. The summed E-state index contributed by atoms with van der Waals surface area (Å²) in [4.78, 5) is 7.57. The Hall–Kier alpha value is -1.26. The number of nitrogens with one attached hydrogen (secondary N) is 2. The maximum atomic E-state index is 6.20. The number of hydrogen-bond donors (Lipinski definition) is 2. The number of aromatic nitrogens is 2. The summed E-state index contributed by atoms with van der Waals surface area (Å²) in [6, 6.07) is 3.82. The minimum atomic E-state index is 0.734. The average Bonchev–Trinajstić information content (AvgIpc) is 3.05. The van der Waals surface area contributed by atoms with Gasteiger partial charge in [0.2, 0.25) is 0 Å². The van der Waals surface area contributed by atoms with Crippen LogP contribution in [0.3, 0.4) is 0 Å². The van der Waals surface area contributed by atoms with Gasteiger partial charge in [0, 0.05) is 31.3 Å². The second-order valence-corrected chi connectivity index (χ2v) is 5.44. The molecule has 1 aliphatic heterocycles. The molecule has 0 radical (unpaired) electrons. The van der Waals surface area contributed by atoms with Gasteiger partial charge in [0.1, 0.15) is 11.5 Å². The molecule has 0 bridgehead atoms. The summed E-state index contributed by atoms with van der Waals surface area (Å²) in [5, 5.41) is 5.04. The zero-order valence-electron chi connectivity index (χ0n) is 10.8. The Balaban J connectivity index is 1.53. The molecule has 3 heterocycles. The number of halogens is 1. The van der Waals surface area contributed by atoms with Gasteiger partial charge in [-0.05, 0) is 37.3 Å². The fourth-order valence-electron chi connectivity index (χ4n) is 2.51. The normalized spacial score (nSPS) is 19.1. The number of rotatable bonds is 5. The molecular weight excluding hydrogens is 262 g/mol. The van der Waals surface area contributed by atoms with Crippen molar-refractivity contribution in [2.24, 2.45) is 5.92 Å². The second kappa shape index (κ2) is 5.80. The molecule has 2 N–H and O–H groups in total. The van der Waals surface area contributed by atoms with Gasteiger partial charge in [0.05, 0.1) is 5.02 Å². The Bertz CT molecular complexity index is 549. The van der Waals surface area contributed by atoms with Crippen LogP contribution in [-0.2, 0) is 4.74 Å². The molecule has 0 amide bonds. The van der Waals surface area contributed by atoms with E-state index in [-0.39, 0.29) is 0 Å². The molecule has 1 aliphatic rings. The van der Waals surface area contributed by atoms with Crippen LogP contribution in [0, 0.1) is 5.92 Å². The molecule has 2 aromatic heterocycles. The fourth-order valence-corrected chi connectivity index (χ4v) is 2.76. The van der Waals surface area contributed by atoms with Crippen LogP contribution < -0.4 is 5.32 Å². The molecule has 1 atom stereocenters. The van der Waals surface area contributed by atoms with E-state index in [1.165, 1.54) is 12.8 Å². The van der Waals surface area contributed by atoms with Crippen molar-refractivity contribution in [3.8, 4) is 0 Å². The lowest BCUT2D eigenvalue weighted by Gasteiger charge is -2.09. The third-order valence-corrected chi connectivity index (χ3v) is 3.91. The molecule has 2 aromatic rings. The van der Waals surface area contributed by atoms with E-state index in [0.717, 1.165) is 54.0 Å². The van der Waals surface area contributed by atoms with Gasteiger partial charge >= 0.3 is 0 Å². The van der Waals surface area contributed by atoms with Gasteiger partial charge in [-0.1, -0.05) is 11.6 Å². The Morgan fingerprint density at radius 1 is 1.53 bits per heavy atom. The predicted molar refractivity (Wildman–Crippen MR) is 77.8 cm³/mol. The fraction of sp³-hybridized carbons (Fsp3) is 0.500. The van der Waals surface area contributed by atoms with E-state index in [0.29, 0.717) is 0 Å².